The summed E-state index contributed by atoms with van der Waals surface area (Å²) in [6.07, 6.45) is 3.59. The molecule has 0 unspecified atom stereocenters. The van der Waals surface area contributed by atoms with Gasteiger partial charge in [0.1, 0.15) is 5.75 Å². The summed E-state index contributed by atoms with van der Waals surface area (Å²) in [6.45, 7) is 3.38. The number of nitrogens with one attached hydrogen (secondary N) is 3. The number of aliphatic imine (C=N–C) groups is 1. The van der Waals surface area contributed by atoms with Gasteiger partial charge in [0.05, 0.1) is 7.11 Å². The third-order valence-electron chi connectivity index (χ3n) is 3.93. The number of carbonyl (C=O) groups excluding carboxylic acids is 1. The van der Waals surface area contributed by atoms with Gasteiger partial charge in [-0.3, -0.25) is 9.79 Å². The SMILES string of the molecule is CN=C(NCCCC(=O)NC1CC1)NCc1ccc(C)cc1OC. The van der Waals surface area contributed by atoms with Crippen LogP contribution in [0.3, 0.4) is 0 Å². The smallest absolute Gasteiger partial charge is 0.220 e. The number of rotatable bonds is 8. The Morgan fingerprint density at radius 3 is 2.79 bits per heavy atom. The molecule has 24 heavy (non-hydrogen) atoms. The number of guanidine groups is 1. The lowest BCUT2D eigenvalue weighted by molar-refractivity contribution is -0.121. The molecule has 1 amide bonds. The molecule has 6 nitrogen and oxygen atoms in total. The average molecular weight is 332 g/mol. The first kappa shape index (κ1) is 18.1. The van der Waals surface area contributed by atoms with Crippen molar-refractivity contribution >= 4 is 11.9 Å². The second kappa shape index (κ2) is 9.15. The van der Waals surface area contributed by atoms with Crippen LogP contribution in [0.4, 0.5) is 0 Å². The molecule has 0 radical (unpaired) electrons. The van der Waals surface area contributed by atoms with Crippen molar-refractivity contribution in [2.75, 3.05) is 20.7 Å². The minimum atomic E-state index is 0.145. The summed E-state index contributed by atoms with van der Waals surface area (Å²) >= 11 is 0. The molecule has 1 fully saturated rings. The number of amides is 1. The number of methoxy groups -OCH3 is 1. The standard InChI is InChI=1S/C18H28N4O2/c1-13-6-7-14(16(11-13)24-3)12-21-18(19-2)20-10-4-5-17(23)22-15-8-9-15/h6-7,11,15H,4-5,8-10,12H2,1-3H3,(H,22,23)(H2,19,20,21). The highest BCUT2D eigenvalue weighted by molar-refractivity contribution is 5.80. The number of hydrogen-bond acceptors (Lipinski definition) is 3. The summed E-state index contributed by atoms with van der Waals surface area (Å²) in [6, 6.07) is 6.57. The number of hydrogen-bond donors (Lipinski definition) is 3. The van der Waals surface area contributed by atoms with Gasteiger partial charge >= 0.3 is 0 Å². The van der Waals surface area contributed by atoms with E-state index in [0.29, 0.717) is 25.6 Å². The second-order valence-corrected chi connectivity index (χ2v) is 6.11. The van der Waals surface area contributed by atoms with Crippen molar-refractivity contribution in [2.24, 2.45) is 4.99 Å². The van der Waals surface area contributed by atoms with E-state index in [9.17, 15) is 4.79 Å². The van der Waals surface area contributed by atoms with Gasteiger partial charge in [-0.2, -0.15) is 0 Å². The fourth-order valence-corrected chi connectivity index (χ4v) is 2.38. The second-order valence-electron chi connectivity index (χ2n) is 6.11. The molecule has 3 N–H and O–H groups in total. The molecule has 0 atom stereocenters. The van der Waals surface area contributed by atoms with Crippen LogP contribution in [0.5, 0.6) is 5.75 Å². The highest BCUT2D eigenvalue weighted by Gasteiger charge is 2.22. The monoisotopic (exact) mass is 332 g/mol. The van der Waals surface area contributed by atoms with E-state index in [1.165, 1.54) is 5.56 Å². The molecule has 1 aromatic carbocycles. The molecule has 0 aliphatic heterocycles. The van der Waals surface area contributed by atoms with Crippen LogP contribution >= 0.6 is 0 Å². The van der Waals surface area contributed by atoms with Crippen LogP contribution in [0.25, 0.3) is 0 Å². The van der Waals surface area contributed by atoms with E-state index in [1.54, 1.807) is 14.2 Å². The highest BCUT2D eigenvalue weighted by Crippen LogP contribution is 2.19. The maximum atomic E-state index is 11.6. The zero-order chi connectivity index (χ0) is 17.4. The number of carbonyl (C=O) groups is 1. The van der Waals surface area contributed by atoms with E-state index in [2.05, 4.69) is 33.1 Å². The summed E-state index contributed by atoms with van der Waals surface area (Å²) in [5.74, 6) is 1.74. The Labute approximate surface area is 144 Å². The fraction of sp³-hybridized carbons (Fsp3) is 0.556. The predicted molar refractivity (Wildman–Crippen MR) is 96.3 cm³/mol. The van der Waals surface area contributed by atoms with Crippen LogP contribution in [-0.2, 0) is 11.3 Å². The minimum absolute atomic E-state index is 0.145. The third-order valence-corrected chi connectivity index (χ3v) is 3.93. The summed E-state index contributed by atoms with van der Waals surface area (Å²) < 4.78 is 5.41. The lowest BCUT2D eigenvalue weighted by Crippen LogP contribution is -2.37. The molecule has 6 heteroatoms. The van der Waals surface area contributed by atoms with Crippen LogP contribution in [0.2, 0.25) is 0 Å². The van der Waals surface area contributed by atoms with Crippen molar-refractivity contribution in [2.45, 2.75) is 45.2 Å². The molecule has 1 aromatic rings. The topological polar surface area (TPSA) is 74.8 Å². The molecular weight excluding hydrogens is 304 g/mol. The zero-order valence-corrected chi connectivity index (χ0v) is 14.8. The Morgan fingerprint density at radius 2 is 2.12 bits per heavy atom. The maximum Gasteiger partial charge on any atom is 0.220 e. The molecule has 0 bridgehead atoms. The fourth-order valence-electron chi connectivity index (χ4n) is 2.38. The van der Waals surface area contributed by atoms with E-state index in [4.69, 9.17) is 4.74 Å². The Balaban J connectivity index is 1.69. The van der Waals surface area contributed by atoms with Gasteiger partial charge in [-0.15, -0.1) is 0 Å². The van der Waals surface area contributed by atoms with Gasteiger partial charge in [0, 0.05) is 38.2 Å². The van der Waals surface area contributed by atoms with Gasteiger partial charge in [0.2, 0.25) is 5.91 Å². The number of nitrogens with zero attached hydrogens (tertiary/aromatic N) is 1. The lowest BCUT2D eigenvalue weighted by atomic mass is 10.1. The van der Waals surface area contributed by atoms with Crippen LogP contribution in [0, 0.1) is 6.92 Å². The van der Waals surface area contributed by atoms with Gasteiger partial charge in [-0.25, -0.2) is 0 Å². The molecule has 0 saturated heterocycles. The maximum absolute atomic E-state index is 11.6. The van der Waals surface area contributed by atoms with Crippen LogP contribution < -0.4 is 20.7 Å². The molecule has 0 spiro atoms. The summed E-state index contributed by atoms with van der Waals surface area (Å²) in [5.41, 5.74) is 2.25. The normalized spacial score (nSPS) is 14.2. The van der Waals surface area contributed by atoms with Gasteiger partial charge < -0.3 is 20.7 Å². The zero-order valence-electron chi connectivity index (χ0n) is 14.8. The van der Waals surface area contributed by atoms with E-state index in [0.717, 1.165) is 36.5 Å². The van der Waals surface area contributed by atoms with E-state index in [1.807, 2.05) is 13.0 Å². The van der Waals surface area contributed by atoms with Crippen LogP contribution in [0.15, 0.2) is 23.2 Å². The molecule has 1 saturated carbocycles. The summed E-state index contributed by atoms with van der Waals surface area (Å²) in [7, 11) is 3.42. The first-order valence-corrected chi connectivity index (χ1v) is 8.49. The van der Waals surface area contributed by atoms with Gasteiger partial charge in [-0.1, -0.05) is 12.1 Å². The Hall–Kier alpha value is -2.24. The summed E-state index contributed by atoms with van der Waals surface area (Å²) in [4.78, 5) is 15.8. The number of benzene rings is 1. The molecule has 1 aliphatic rings. The average Bonchev–Trinajstić information content (AvgIpc) is 3.38. The van der Waals surface area contributed by atoms with Crippen molar-refractivity contribution in [1.82, 2.24) is 16.0 Å². The lowest BCUT2D eigenvalue weighted by Gasteiger charge is -2.14. The van der Waals surface area contributed by atoms with E-state index < -0.39 is 0 Å². The molecular formula is C18H28N4O2. The first-order chi connectivity index (χ1) is 11.6. The predicted octanol–water partition coefficient (Wildman–Crippen LogP) is 1.73. The molecule has 132 valence electrons. The number of ether oxygens (including phenoxy) is 1. The van der Waals surface area contributed by atoms with Crippen molar-refractivity contribution in [3.63, 3.8) is 0 Å². The Kier molecular flexibility index (Phi) is 6.90. The van der Waals surface area contributed by atoms with Crippen LogP contribution in [-0.4, -0.2) is 38.6 Å². The van der Waals surface area contributed by atoms with Crippen molar-refractivity contribution in [1.29, 1.82) is 0 Å². The minimum Gasteiger partial charge on any atom is -0.496 e. The first-order valence-electron chi connectivity index (χ1n) is 8.49. The van der Waals surface area contributed by atoms with E-state index in [-0.39, 0.29) is 5.91 Å². The number of aryl methyl sites for hydroxylation is 1. The Morgan fingerprint density at radius 1 is 1.33 bits per heavy atom. The largest absolute Gasteiger partial charge is 0.496 e. The van der Waals surface area contributed by atoms with Gasteiger partial charge in [0.25, 0.3) is 0 Å². The van der Waals surface area contributed by atoms with Gasteiger partial charge in [-0.05, 0) is 37.8 Å². The highest BCUT2D eigenvalue weighted by atomic mass is 16.5. The van der Waals surface area contributed by atoms with Crippen molar-refractivity contribution in [3.05, 3.63) is 29.3 Å². The molecule has 0 heterocycles. The third kappa shape index (κ3) is 6.10. The Bertz CT molecular complexity index is 582. The van der Waals surface area contributed by atoms with Crippen molar-refractivity contribution < 1.29 is 9.53 Å². The molecule has 2 rings (SSSR count). The summed E-state index contributed by atoms with van der Waals surface area (Å²) in [5, 5.41) is 9.49. The molecule has 1 aliphatic carbocycles. The molecule has 0 aromatic heterocycles. The quantitative estimate of drug-likeness (QED) is 0.385. The van der Waals surface area contributed by atoms with Crippen LogP contribution in [0.1, 0.15) is 36.8 Å². The van der Waals surface area contributed by atoms with E-state index >= 15 is 0 Å². The van der Waals surface area contributed by atoms with Gasteiger partial charge in [0.15, 0.2) is 5.96 Å². The van der Waals surface area contributed by atoms with Crippen molar-refractivity contribution in [3.8, 4) is 5.75 Å².